The van der Waals surface area contributed by atoms with E-state index in [0.717, 1.165) is 18.1 Å². The second-order valence-electron chi connectivity index (χ2n) is 5.75. The maximum Gasteiger partial charge on any atom is 0.104 e. The van der Waals surface area contributed by atoms with Crippen molar-refractivity contribution < 1.29 is 4.74 Å². The van der Waals surface area contributed by atoms with E-state index < -0.39 is 0 Å². The van der Waals surface area contributed by atoms with Crippen LogP contribution in [0.1, 0.15) is 39.5 Å². The van der Waals surface area contributed by atoms with Crippen molar-refractivity contribution in [3.63, 3.8) is 0 Å². The van der Waals surface area contributed by atoms with Crippen molar-refractivity contribution in [2.75, 3.05) is 0 Å². The lowest BCUT2D eigenvalue weighted by molar-refractivity contribution is 0.0687. The number of ether oxygens (including phenoxy) is 1. The Hall–Kier alpha value is -1.51. The van der Waals surface area contributed by atoms with E-state index in [1.807, 2.05) is 6.92 Å². The molecule has 2 aliphatic carbocycles. The highest BCUT2D eigenvalue weighted by molar-refractivity contribution is 6.00. The molecule has 0 amide bonds. The second-order valence-corrected chi connectivity index (χ2v) is 5.75. The Bertz CT molecular complexity index is 448. The van der Waals surface area contributed by atoms with Crippen LogP contribution in [0.15, 0.2) is 35.8 Å². The molecule has 2 aliphatic rings. The quantitative estimate of drug-likeness (QED) is 0.451. The molecule has 2 rings (SSSR count). The number of allylic oxidation sites excluding steroid dienone is 4. The lowest BCUT2D eigenvalue weighted by Crippen LogP contribution is -2.21. The van der Waals surface area contributed by atoms with E-state index in [2.05, 4.69) is 6.58 Å². The molecule has 104 valence electrons. The van der Waals surface area contributed by atoms with Gasteiger partial charge in [0.25, 0.3) is 0 Å². The Labute approximate surface area is 115 Å². The average molecular weight is 260 g/mol. The fraction of sp³-hybridized carbons (Fsp3) is 0.562. The van der Waals surface area contributed by atoms with Crippen molar-refractivity contribution in [1.82, 2.24) is 0 Å². The van der Waals surface area contributed by atoms with Gasteiger partial charge in [0.15, 0.2) is 0 Å². The molecule has 3 N–H and O–H groups in total. The van der Waals surface area contributed by atoms with Crippen molar-refractivity contribution in [1.29, 1.82) is 5.41 Å². The van der Waals surface area contributed by atoms with Gasteiger partial charge in [-0.25, -0.2) is 0 Å². The summed E-state index contributed by atoms with van der Waals surface area (Å²) in [5, 5.41) is 7.88. The molecule has 0 aliphatic heterocycles. The van der Waals surface area contributed by atoms with Gasteiger partial charge in [-0.3, -0.25) is 0 Å². The molecule has 0 saturated heterocycles. The number of hydrogen-bond acceptors (Lipinski definition) is 3. The molecule has 2 saturated carbocycles. The largest absolute Gasteiger partial charge is 0.494 e. The Morgan fingerprint density at radius 2 is 2.05 bits per heavy atom. The van der Waals surface area contributed by atoms with Gasteiger partial charge in [-0.2, -0.15) is 0 Å². The molecular weight excluding hydrogens is 236 g/mol. The van der Waals surface area contributed by atoms with Gasteiger partial charge < -0.3 is 15.9 Å². The zero-order valence-corrected chi connectivity index (χ0v) is 11.9. The Morgan fingerprint density at radius 3 is 2.53 bits per heavy atom. The third kappa shape index (κ3) is 2.91. The first-order chi connectivity index (χ1) is 9.02. The zero-order valence-electron chi connectivity index (χ0n) is 11.9. The number of nitrogens with one attached hydrogen (secondary N) is 1. The Morgan fingerprint density at radius 1 is 1.32 bits per heavy atom. The van der Waals surface area contributed by atoms with E-state index in [0.29, 0.717) is 29.0 Å². The SMILES string of the molecule is C=C/C=C(N)\C(C(C)=N)=C(/C)OC1CC2CCC1C2. The minimum Gasteiger partial charge on any atom is -0.494 e. The van der Waals surface area contributed by atoms with Crippen molar-refractivity contribution in [3.8, 4) is 0 Å². The smallest absolute Gasteiger partial charge is 0.104 e. The van der Waals surface area contributed by atoms with Crippen LogP contribution < -0.4 is 5.73 Å². The fourth-order valence-corrected chi connectivity index (χ4v) is 3.51. The molecule has 3 atom stereocenters. The summed E-state index contributed by atoms with van der Waals surface area (Å²) in [6, 6.07) is 0. The lowest BCUT2D eigenvalue weighted by atomic mass is 9.97. The molecule has 0 aromatic rings. The van der Waals surface area contributed by atoms with E-state index in [1.54, 1.807) is 19.1 Å². The molecule has 0 spiro atoms. The van der Waals surface area contributed by atoms with Crippen molar-refractivity contribution in [2.45, 2.75) is 45.6 Å². The van der Waals surface area contributed by atoms with Gasteiger partial charge in [-0.1, -0.05) is 12.7 Å². The van der Waals surface area contributed by atoms with Crippen LogP contribution in [0.25, 0.3) is 0 Å². The van der Waals surface area contributed by atoms with Gasteiger partial charge in [0.1, 0.15) is 11.9 Å². The standard InChI is InChI=1S/C16H24N2O/c1-4-5-14(18)16(10(2)17)11(3)19-15-9-12-6-7-13(15)8-12/h4-5,12-13,15,17H,1,6-9,18H2,2-3H3/b14-5+,16-11+,17-10?. The van der Waals surface area contributed by atoms with Crippen LogP contribution in [0.2, 0.25) is 0 Å². The maximum atomic E-state index is 7.88. The third-order valence-electron chi connectivity index (χ3n) is 4.31. The highest BCUT2D eigenvalue weighted by Crippen LogP contribution is 2.46. The zero-order chi connectivity index (χ0) is 14.0. The van der Waals surface area contributed by atoms with Gasteiger partial charge in [0.05, 0.1) is 5.57 Å². The van der Waals surface area contributed by atoms with Gasteiger partial charge in [0.2, 0.25) is 0 Å². The van der Waals surface area contributed by atoms with E-state index in [1.165, 1.54) is 19.3 Å². The normalized spacial score (nSPS) is 31.1. The van der Waals surface area contributed by atoms with E-state index >= 15 is 0 Å². The second kappa shape index (κ2) is 5.64. The number of rotatable bonds is 5. The van der Waals surface area contributed by atoms with Crippen LogP contribution in [0.4, 0.5) is 0 Å². The molecule has 0 radical (unpaired) electrons. The Kier molecular flexibility index (Phi) is 4.13. The van der Waals surface area contributed by atoms with Crippen LogP contribution >= 0.6 is 0 Å². The van der Waals surface area contributed by atoms with Crippen LogP contribution in [-0.2, 0) is 4.74 Å². The molecular formula is C16H24N2O. The minimum atomic E-state index is 0.324. The fourth-order valence-electron chi connectivity index (χ4n) is 3.51. The molecule has 2 fully saturated rings. The molecule has 3 nitrogen and oxygen atoms in total. The number of nitrogens with two attached hydrogens (primary N) is 1. The van der Waals surface area contributed by atoms with E-state index in [4.69, 9.17) is 15.9 Å². The summed E-state index contributed by atoms with van der Waals surface area (Å²) in [5.41, 5.74) is 7.70. The van der Waals surface area contributed by atoms with Crippen LogP contribution in [0.3, 0.4) is 0 Å². The summed E-state index contributed by atoms with van der Waals surface area (Å²) in [6.07, 6.45) is 8.82. The first-order valence-corrected chi connectivity index (χ1v) is 7.04. The monoisotopic (exact) mass is 260 g/mol. The highest BCUT2D eigenvalue weighted by atomic mass is 16.5. The molecule has 0 heterocycles. The summed E-state index contributed by atoms with van der Waals surface area (Å²) in [4.78, 5) is 0. The van der Waals surface area contributed by atoms with E-state index in [-0.39, 0.29) is 0 Å². The summed E-state index contributed by atoms with van der Waals surface area (Å²) in [7, 11) is 0. The molecule has 2 bridgehead atoms. The predicted octanol–water partition coefficient (Wildman–Crippen LogP) is 3.53. The summed E-state index contributed by atoms with van der Waals surface area (Å²) >= 11 is 0. The lowest BCUT2D eigenvalue weighted by Gasteiger charge is -2.25. The van der Waals surface area contributed by atoms with Crippen molar-refractivity contribution >= 4 is 5.71 Å². The first kappa shape index (κ1) is 13.9. The first-order valence-electron chi connectivity index (χ1n) is 7.04. The summed E-state index contributed by atoms with van der Waals surface area (Å²) in [6.45, 7) is 7.31. The van der Waals surface area contributed by atoms with Crippen LogP contribution in [0.5, 0.6) is 0 Å². The Balaban J connectivity index is 2.15. The average Bonchev–Trinajstić information content (AvgIpc) is 2.90. The van der Waals surface area contributed by atoms with Gasteiger partial charge in [-0.05, 0) is 57.4 Å². The summed E-state index contributed by atoms with van der Waals surface area (Å²) in [5.74, 6) is 2.34. The van der Waals surface area contributed by atoms with Crippen molar-refractivity contribution in [2.24, 2.45) is 17.6 Å². The number of fused-ring (bicyclic) bond motifs is 2. The molecule has 3 unspecified atom stereocenters. The molecule has 0 aromatic carbocycles. The minimum absolute atomic E-state index is 0.324. The van der Waals surface area contributed by atoms with Crippen molar-refractivity contribution in [3.05, 3.63) is 35.8 Å². The third-order valence-corrected chi connectivity index (χ3v) is 4.31. The topological polar surface area (TPSA) is 59.1 Å². The van der Waals surface area contributed by atoms with Gasteiger partial charge in [0, 0.05) is 11.4 Å². The van der Waals surface area contributed by atoms with Crippen LogP contribution in [-0.4, -0.2) is 11.8 Å². The summed E-state index contributed by atoms with van der Waals surface area (Å²) < 4.78 is 6.12. The van der Waals surface area contributed by atoms with E-state index in [9.17, 15) is 0 Å². The number of hydrogen-bond donors (Lipinski definition) is 2. The van der Waals surface area contributed by atoms with Crippen LogP contribution in [0, 0.1) is 17.2 Å². The molecule has 3 heteroatoms. The highest BCUT2D eigenvalue weighted by Gasteiger charge is 2.41. The molecule has 19 heavy (non-hydrogen) atoms. The van der Waals surface area contributed by atoms with Gasteiger partial charge in [-0.15, -0.1) is 0 Å². The van der Waals surface area contributed by atoms with Gasteiger partial charge >= 0.3 is 0 Å². The predicted molar refractivity (Wildman–Crippen MR) is 78.9 cm³/mol. The molecule has 0 aromatic heterocycles. The maximum absolute atomic E-state index is 7.88.